The van der Waals surface area contributed by atoms with Crippen LogP contribution in [0.25, 0.3) is 0 Å². The topological polar surface area (TPSA) is 74.3 Å². The fourth-order valence-electron chi connectivity index (χ4n) is 4.61. The van der Waals surface area contributed by atoms with Gasteiger partial charge in [0.1, 0.15) is 0 Å². The van der Waals surface area contributed by atoms with E-state index in [1.54, 1.807) is 12.1 Å². The van der Waals surface area contributed by atoms with Crippen LogP contribution in [0.2, 0.25) is 0 Å². The number of piperidine rings is 1. The number of carbonyl (C=O) groups excluding carboxylic acids is 2. The van der Waals surface area contributed by atoms with E-state index < -0.39 is 5.97 Å². The minimum atomic E-state index is -0.454. The molecule has 160 valence electrons. The minimum absolute atomic E-state index is 0.0239. The fourth-order valence-corrected chi connectivity index (χ4v) is 4.61. The number of hydrogen-bond donors (Lipinski definition) is 0. The van der Waals surface area contributed by atoms with E-state index in [1.165, 1.54) is 47.0 Å². The molecule has 0 N–H and O–H groups in total. The van der Waals surface area contributed by atoms with E-state index in [2.05, 4.69) is 0 Å². The van der Waals surface area contributed by atoms with Crippen molar-refractivity contribution in [1.29, 1.82) is 0 Å². The molecule has 1 aromatic carbocycles. The molecule has 1 saturated carbocycles. The zero-order chi connectivity index (χ0) is 20.8. The van der Waals surface area contributed by atoms with Gasteiger partial charge in [0.15, 0.2) is 18.1 Å². The summed E-state index contributed by atoms with van der Waals surface area (Å²) in [5, 5.41) is 0. The molecule has 1 aromatic rings. The van der Waals surface area contributed by atoms with Gasteiger partial charge >= 0.3 is 5.97 Å². The third-order valence-electron chi connectivity index (χ3n) is 5.99. The van der Waals surface area contributed by atoms with Crippen LogP contribution in [0.3, 0.4) is 0 Å². The Morgan fingerprint density at radius 1 is 0.966 bits per heavy atom. The molecule has 1 aliphatic heterocycles. The maximum absolute atomic E-state index is 12.7. The van der Waals surface area contributed by atoms with Crippen LogP contribution >= 0.6 is 0 Å². The molecule has 2 aliphatic rings. The Morgan fingerprint density at radius 2 is 1.62 bits per heavy atom. The third-order valence-corrected chi connectivity index (χ3v) is 5.99. The number of rotatable bonds is 7. The maximum Gasteiger partial charge on any atom is 0.310 e. The Hall–Kier alpha value is -2.44. The van der Waals surface area contributed by atoms with E-state index in [9.17, 15) is 9.59 Å². The van der Waals surface area contributed by atoms with Gasteiger partial charge < -0.3 is 23.8 Å². The molecule has 0 bridgehead atoms. The summed E-state index contributed by atoms with van der Waals surface area (Å²) in [6, 6.07) is 3.74. The molecule has 1 saturated heterocycles. The Labute approximate surface area is 172 Å². The van der Waals surface area contributed by atoms with E-state index in [0.717, 1.165) is 19.4 Å². The number of benzene rings is 1. The number of hydrogen-bond acceptors (Lipinski definition) is 6. The number of amides is 1. The number of esters is 1. The zero-order valence-corrected chi connectivity index (χ0v) is 17.6. The van der Waals surface area contributed by atoms with Crippen LogP contribution in [0.1, 0.15) is 44.1 Å². The Balaban J connectivity index is 1.57. The standard InChI is InChI=1S/C22H31NO6/c1-26-18-11-15(12-19(27-2)22(18)28-3)13-21(25)29-14-20(24)23-10-6-8-16-7-4-5-9-17(16)23/h11-12,16-17H,4-10,13-14H2,1-3H3/t16-,17+/m0/s1. The lowest BCUT2D eigenvalue weighted by atomic mass is 9.78. The first-order valence-electron chi connectivity index (χ1n) is 10.3. The van der Waals surface area contributed by atoms with E-state index in [0.29, 0.717) is 34.8 Å². The van der Waals surface area contributed by atoms with Crippen molar-refractivity contribution in [3.8, 4) is 17.2 Å². The first-order chi connectivity index (χ1) is 14.1. The van der Waals surface area contributed by atoms with Crippen LogP contribution in [0.15, 0.2) is 12.1 Å². The molecule has 3 rings (SSSR count). The molecule has 1 amide bonds. The highest BCUT2D eigenvalue weighted by atomic mass is 16.5. The Kier molecular flexibility index (Phi) is 7.23. The van der Waals surface area contributed by atoms with Gasteiger partial charge in [-0.2, -0.15) is 0 Å². The lowest BCUT2D eigenvalue weighted by molar-refractivity contribution is -0.154. The van der Waals surface area contributed by atoms with Gasteiger partial charge in [0.25, 0.3) is 5.91 Å². The van der Waals surface area contributed by atoms with E-state index in [-0.39, 0.29) is 18.9 Å². The number of fused-ring (bicyclic) bond motifs is 1. The predicted molar refractivity (Wildman–Crippen MR) is 107 cm³/mol. The molecule has 29 heavy (non-hydrogen) atoms. The number of likely N-dealkylation sites (tertiary alicyclic amines) is 1. The normalized spacial score (nSPS) is 21.1. The second-order valence-corrected chi connectivity index (χ2v) is 7.71. The van der Waals surface area contributed by atoms with Gasteiger partial charge in [-0.1, -0.05) is 12.8 Å². The van der Waals surface area contributed by atoms with Crippen LogP contribution in [0, 0.1) is 5.92 Å². The molecule has 0 spiro atoms. The Morgan fingerprint density at radius 3 is 2.28 bits per heavy atom. The van der Waals surface area contributed by atoms with Crippen molar-refractivity contribution in [1.82, 2.24) is 4.90 Å². The SMILES string of the molecule is COc1cc(CC(=O)OCC(=O)N2CCC[C@@H]3CCCC[C@H]32)cc(OC)c1OC. The van der Waals surface area contributed by atoms with E-state index in [4.69, 9.17) is 18.9 Å². The number of methoxy groups -OCH3 is 3. The summed E-state index contributed by atoms with van der Waals surface area (Å²) >= 11 is 0. The van der Waals surface area contributed by atoms with Crippen LogP contribution in [0.5, 0.6) is 17.2 Å². The lowest BCUT2D eigenvalue weighted by Gasteiger charge is -2.44. The summed E-state index contributed by atoms with van der Waals surface area (Å²) in [6.45, 7) is 0.566. The van der Waals surface area contributed by atoms with Crippen molar-refractivity contribution in [2.45, 2.75) is 51.0 Å². The van der Waals surface area contributed by atoms with E-state index in [1.807, 2.05) is 4.90 Å². The molecule has 7 heteroatoms. The average Bonchev–Trinajstić information content (AvgIpc) is 2.76. The fraction of sp³-hybridized carbons (Fsp3) is 0.636. The summed E-state index contributed by atoms with van der Waals surface area (Å²) in [4.78, 5) is 27.0. The van der Waals surface area contributed by atoms with Gasteiger partial charge in [-0.3, -0.25) is 9.59 Å². The summed E-state index contributed by atoms with van der Waals surface area (Å²) < 4.78 is 21.2. The molecular formula is C22H31NO6. The van der Waals surface area contributed by atoms with Crippen LogP contribution < -0.4 is 14.2 Å². The van der Waals surface area contributed by atoms with Crippen molar-refractivity contribution in [2.75, 3.05) is 34.5 Å². The summed E-state index contributed by atoms with van der Waals surface area (Å²) in [5.74, 6) is 1.49. The molecule has 2 atom stereocenters. The van der Waals surface area contributed by atoms with Crippen molar-refractivity contribution in [3.05, 3.63) is 17.7 Å². The quantitative estimate of drug-likeness (QED) is 0.650. The molecule has 0 aromatic heterocycles. The van der Waals surface area contributed by atoms with Gasteiger partial charge in [0.2, 0.25) is 5.75 Å². The van der Waals surface area contributed by atoms with Crippen LogP contribution in [0.4, 0.5) is 0 Å². The molecule has 2 fully saturated rings. The average molecular weight is 405 g/mol. The van der Waals surface area contributed by atoms with Crippen LogP contribution in [-0.4, -0.2) is 57.3 Å². The maximum atomic E-state index is 12.7. The van der Waals surface area contributed by atoms with Crippen molar-refractivity contribution >= 4 is 11.9 Å². The summed E-state index contributed by atoms with van der Waals surface area (Å²) in [5.41, 5.74) is 0.669. The second-order valence-electron chi connectivity index (χ2n) is 7.71. The summed E-state index contributed by atoms with van der Waals surface area (Å²) in [7, 11) is 4.57. The Bertz CT molecular complexity index is 707. The molecule has 1 aliphatic carbocycles. The largest absolute Gasteiger partial charge is 0.493 e. The van der Waals surface area contributed by atoms with Gasteiger partial charge in [-0.25, -0.2) is 0 Å². The van der Waals surface area contributed by atoms with E-state index >= 15 is 0 Å². The highest BCUT2D eigenvalue weighted by Gasteiger charge is 2.35. The van der Waals surface area contributed by atoms with Crippen molar-refractivity contribution in [3.63, 3.8) is 0 Å². The van der Waals surface area contributed by atoms with Gasteiger partial charge in [-0.15, -0.1) is 0 Å². The third kappa shape index (κ3) is 4.95. The van der Waals surface area contributed by atoms with Crippen molar-refractivity contribution < 1.29 is 28.5 Å². The number of carbonyl (C=O) groups is 2. The number of ether oxygens (including phenoxy) is 4. The van der Waals surface area contributed by atoms with Crippen LogP contribution in [-0.2, 0) is 20.7 Å². The summed E-state index contributed by atoms with van der Waals surface area (Å²) in [6.07, 6.45) is 6.96. The highest BCUT2D eigenvalue weighted by molar-refractivity contribution is 5.82. The lowest BCUT2D eigenvalue weighted by Crippen LogP contribution is -2.50. The zero-order valence-electron chi connectivity index (χ0n) is 17.6. The molecule has 0 unspecified atom stereocenters. The number of nitrogens with zero attached hydrogens (tertiary/aromatic N) is 1. The minimum Gasteiger partial charge on any atom is -0.493 e. The first kappa shape index (κ1) is 21.3. The second kappa shape index (κ2) is 9.85. The molecular weight excluding hydrogens is 374 g/mol. The smallest absolute Gasteiger partial charge is 0.310 e. The monoisotopic (exact) mass is 405 g/mol. The van der Waals surface area contributed by atoms with Gasteiger partial charge in [0.05, 0.1) is 27.8 Å². The first-order valence-corrected chi connectivity index (χ1v) is 10.3. The van der Waals surface area contributed by atoms with Gasteiger partial charge in [0, 0.05) is 12.6 Å². The highest BCUT2D eigenvalue weighted by Crippen LogP contribution is 2.38. The molecule has 7 nitrogen and oxygen atoms in total. The molecule has 1 heterocycles. The molecule has 0 radical (unpaired) electrons. The van der Waals surface area contributed by atoms with Crippen molar-refractivity contribution in [2.24, 2.45) is 5.92 Å². The van der Waals surface area contributed by atoms with Gasteiger partial charge in [-0.05, 0) is 49.3 Å². The predicted octanol–water partition coefficient (Wildman–Crippen LogP) is 2.98.